The standard InChI is InChI=1S/C16H17ClN4O3S/c1-10-8-11(2)20-16(19-10)25-7-3-6-18-15(22)13-9-12(21(23)24)4-5-14(13)17/h4-5,8-9H,3,6-7H2,1-2H3,(H,18,22). The number of thioether (sulfide) groups is 1. The predicted molar refractivity (Wildman–Crippen MR) is 97.3 cm³/mol. The average molecular weight is 381 g/mol. The van der Waals surface area contributed by atoms with Gasteiger partial charge in [0.25, 0.3) is 11.6 Å². The Bertz CT molecular complexity index is 781. The first-order valence-corrected chi connectivity index (χ1v) is 8.90. The zero-order chi connectivity index (χ0) is 18.4. The van der Waals surface area contributed by atoms with Gasteiger partial charge in [-0.15, -0.1) is 0 Å². The van der Waals surface area contributed by atoms with Crippen LogP contribution in [-0.2, 0) is 0 Å². The van der Waals surface area contributed by atoms with Crippen LogP contribution in [-0.4, -0.2) is 33.1 Å². The largest absolute Gasteiger partial charge is 0.352 e. The molecule has 0 bridgehead atoms. The second-order valence-corrected chi connectivity index (χ2v) is 6.78. The van der Waals surface area contributed by atoms with Gasteiger partial charge in [-0.25, -0.2) is 9.97 Å². The van der Waals surface area contributed by atoms with Crippen LogP contribution in [0.2, 0.25) is 5.02 Å². The van der Waals surface area contributed by atoms with E-state index in [0.29, 0.717) is 18.1 Å². The van der Waals surface area contributed by atoms with Crippen LogP contribution in [0.5, 0.6) is 0 Å². The van der Waals surface area contributed by atoms with Gasteiger partial charge < -0.3 is 5.32 Å². The lowest BCUT2D eigenvalue weighted by Gasteiger charge is -2.07. The molecule has 0 unspecified atom stereocenters. The molecule has 2 aromatic rings. The van der Waals surface area contributed by atoms with Gasteiger partial charge in [-0.05, 0) is 32.4 Å². The third-order valence-electron chi connectivity index (χ3n) is 3.20. The first kappa shape index (κ1) is 19.1. The van der Waals surface area contributed by atoms with Crippen LogP contribution in [0.25, 0.3) is 0 Å². The highest BCUT2D eigenvalue weighted by Crippen LogP contribution is 2.22. The van der Waals surface area contributed by atoms with Crippen molar-refractivity contribution in [2.75, 3.05) is 12.3 Å². The summed E-state index contributed by atoms with van der Waals surface area (Å²) in [7, 11) is 0. The lowest BCUT2D eigenvalue weighted by molar-refractivity contribution is -0.384. The van der Waals surface area contributed by atoms with Gasteiger partial charge >= 0.3 is 0 Å². The number of rotatable bonds is 7. The number of benzene rings is 1. The maximum Gasteiger partial charge on any atom is 0.270 e. The van der Waals surface area contributed by atoms with Crippen molar-refractivity contribution in [3.63, 3.8) is 0 Å². The number of hydrogen-bond donors (Lipinski definition) is 1. The summed E-state index contributed by atoms with van der Waals surface area (Å²) in [4.78, 5) is 31.0. The molecule has 7 nitrogen and oxygen atoms in total. The van der Waals surface area contributed by atoms with Gasteiger partial charge in [0.15, 0.2) is 5.16 Å². The average Bonchev–Trinajstić information content (AvgIpc) is 2.53. The molecule has 0 saturated carbocycles. The van der Waals surface area contributed by atoms with E-state index < -0.39 is 10.8 Å². The molecule has 0 spiro atoms. The molecule has 0 fully saturated rings. The fraction of sp³-hybridized carbons (Fsp3) is 0.312. The van der Waals surface area contributed by atoms with E-state index >= 15 is 0 Å². The molecule has 0 radical (unpaired) electrons. The van der Waals surface area contributed by atoms with Gasteiger partial charge in [0.2, 0.25) is 0 Å². The number of amides is 1. The molecule has 1 aromatic carbocycles. The van der Waals surface area contributed by atoms with Gasteiger partial charge in [0.05, 0.1) is 15.5 Å². The molecule has 1 heterocycles. The molecular formula is C16H17ClN4O3S. The Morgan fingerprint density at radius 3 is 2.60 bits per heavy atom. The van der Waals surface area contributed by atoms with Gasteiger partial charge in [0.1, 0.15) is 0 Å². The van der Waals surface area contributed by atoms with Crippen LogP contribution in [0.4, 0.5) is 5.69 Å². The summed E-state index contributed by atoms with van der Waals surface area (Å²) in [5, 5.41) is 14.4. The topological polar surface area (TPSA) is 98.0 Å². The van der Waals surface area contributed by atoms with E-state index in [1.54, 1.807) is 0 Å². The molecule has 25 heavy (non-hydrogen) atoms. The number of carbonyl (C=O) groups excluding carboxylic acids is 1. The van der Waals surface area contributed by atoms with Crippen LogP contribution in [0.15, 0.2) is 29.4 Å². The monoisotopic (exact) mass is 380 g/mol. The number of nitrogens with one attached hydrogen (secondary N) is 1. The minimum absolute atomic E-state index is 0.0983. The van der Waals surface area contributed by atoms with E-state index in [1.165, 1.54) is 30.0 Å². The Hall–Kier alpha value is -2.19. The van der Waals surface area contributed by atoms with E-state index in [1.807, 2.05) is 19.9 Å². The smallest absolute Gasteiger partial charge is 0.270 e. The Balaban J connectivity index is 1.82. The summed E-state index contributed by atoms with van der Waals surface area (Å²) in [6.45, 7) is 4.26. The summed E-state index contributed by atoms with van der Waals surface area (Å²) in [6, 6.07) is 5.70. The lowest BCUT2D eigenvalue weighted by Crippen LogP contribution is -2.25. The second-order valence-electron chi connectivity index (χ2n) is 5.31. The molecule has 132 valence electrons. The molecule has 1 amide bonds. The number of nitrogens with zero attached hydrogens (tertiary/aromatic N) is 3. The fourth-order valence-electron chi connectivity index (χ4n) is 2.09. The summed E-state index contributed by atoms with van der Waals surface area (Å²) < 4.78 is 0. The molecule has 0 aliphatic heterocycles. The highest BCUT2D eigenvalue weighted by Gasteiger charge is 2.15. The van der Waals surface area contributed by atoms with Crippen molar-refractivity contribution >= 4 is 35.0 Å². The Labute approximate surface area is 154 Å². The number of carbonyl (C=O) groups is 1. The van der Waals surface area contributed by atoms with Crippen molar-refractivity contribution in [1.29, 1.82) is 0 Å². The van der Waals surface area contributed by atoms with Crippen molar-refractivity contribution in [3.8, 4) is 0 Å². The number of aromatic nitrogens is 2. The first-order chi connectivity index (χ1) is 11.9. The number of nitro benzene ring substituents is 1. The molecule has 0 saturated heterocycles. The van der Waals surface area contributed by atoms with Gasteiger partial charge in [-0.1, -0.05) is 23.4 Å². The fourth-order valence-corrected chi connectivity index (χ4v) is 3.18. The maximum atomic E-state index is 12.1. The number of non-ortho nitro benzene ring substituents is 1. The Morgan fingerprint density at radius 1 is 1.28 bits per heavy atom. The predicted octanol–water partition coefficient (Wildman–Crippen LogP) is 3.57. The van der Waals surface area contributed by atoms with Gasteiger partial charge in [-0.3, -0.25) is 14.9 Å². The second kappa shape index (κ2) is 8.77. The van der Waals surface area contributed by atoms with Crippen molar-refractivity contribution in [2.45, 2.75) is 25.4 Å². The molecule has 0 aliphatic rings. The molecule has 1 aromatic heterocycles. The highest BCUT2D eigenvalue weighted by atomic mass is 35.5. The SMILES string of the molecule is Cc1cc(C)nc(SCCCNC(=O)c2cc([N+](=O)[O-])ccc2Cl)n1. The lowest BCUT2D eigenvalue weighted by atomic mass is 10.2. The van der Waals surface area contributed by atoms with E-state index in [4.69, 9.17) is 11.6 Å². The first-order valence-electron chi connectivity index (χ1n) is 7.54. The van der Waals surface area contributed by atoms with Crippen molar-refractivity contribution < 1.29 is 9.72 Å². The van der Waals surface area contributed by atoms with Crippen LogP contribution in [0.3, 0.4) is 0 Å². The molecule has 2 rings (SSSR count). The van der Waals surface area contributed by atoms with Crippen LogP contribution >= 0.6 is 23.4 Å². The van der Waals surface area contributed by atoms with Crippen molar-refractivity contribution in [2.24, 2.45) is 0 Å². The van der Waals surface area contributed by atoms with Crippen molar-refractivity contribution in [1.82, 2.24) is 15.3 Å². The molecule has 9 heteroatoms. The number of nitro groups is 1. The van der Waals surface area contributed by atoms with Crippen LogP contribution in [0.1, 0.15) is 28.2 Å². The van der Waals surface area contributed by atoms with Crippen LogP contribution in [0, 0.1) is 24.0 Å². The molecular weight excluding hydrogens is 364 g/mol. The quantitative estimate of drug-likeness (QED) is 0.259. The van der Waals surface area contributed by atoms with E-state index in [-0.39, 0.29) is 16.3 Å². The molecule has 1 N–H and O–H groups in total. The summed E-state index contributed by atoms with van der Waals surface area (Å²) in [5.74, 6) is 0.313. The maximum absolute atomic E-state index is 12.1. The summed E-state index contributed by atoms with van der Waals surface area (Å²) in [6.07, 6.45) is 0.708. The third kappa shape index (κ3) is 5.68. The zero-order valence-corrected chi connectivity index (χ0v) is 15.4. The Kier molecular flexibility index (Phi) is 6.72. The molecule has 0 atom stereocenters. The number of halogens is 1. The third-order valence-corrected chi connectivity index (χ3v) is 4.47. The number of aryl methyl sites for hydroxylation is 2. The minimum Gasteiger partial charge on any atom is -0.352 e. The van der Waals surface area contributed by atoms with Crippen molar-refractivity contribution in [3.05, 3.63) is 56.4 Å². The Morgan fingerprint density at radius 2 is 1.96 bits per heavy atom. The van der Waals surface area contributed by atoms with Crippen LogP contribution < -0.4 is 5.32 Å². The van der Waals surface area contributed by atoms with Gasteiger partial charge in [-0.2, -0.15) is 0 Å². The zero-order valence-electron chi connectivity index (χ0n) is 13.8. The molecule has 0 aliphatic carbocycles. The van der Waals surface area contributed by atoms with E-state index in [9.17, 15) is 14.9 Å². The number of hydrogen-bond acceptors (Lipinski definition) is 6. The minimum atomic E-state index is -0.562. The summed E-state index contributed by atoms with van der Waals surface area (Å²) in [5.41, 5.74) is 1.77. The highest BCUT2D eigenvalue weighted by molar-refractivity contribution is 7.99. The normalized spacial score (nSPS) is 10.5. The van der Waals surface area contributed by atoms with E-state index in [2.05, 4.69) is 15.3 Å². The van der Waals surface area contributed by atoms with E-state index in [0.717, 1.165) is 17.1 Å². The van der Waals surface area contributed by atoms with Gasteiger partial charge in [0, 0.05) is 35.8 Å². The summed E-state index contributed by atoms with van der Waals surface area (Å²) >= 11 is 7.46.